The van der Waals surface area contributed by atoms with Crippen LogP contribution >= 0.6 is 0 Å². The summed E-state index contributed by atoms with van der Waals surface area (Å²) in [6, 6.07) is 34.4. The van der Waals surface area contributed by atoms with Gasteiger partial charge < -0.3 is 9.30 Å². The fourth-order valence-electron chi connectivity index (χ4n) is 6.94. The van der Waals surface area contributed by atoms with Crippen LogP contribution in [0.25, 0.3) is 44.4 Å². The number of nitrogens with zero attached hydrogens (tertiary/aromatic N) is 4. The van der Waals surface area contributed by atoms with Crippen LogP contribution in [0.4, 0.5) is 0 Å². The summed E-state index contributed by atoms with van der Waals surface area (Å²) < 4.78 is 10.7. The van der Waals surface area contributed by atoms with Crippen molar-refractivity contribution in [1.29, 1.82) is 0 Å². The Morgan fingerprint density at radius 2 is 1.44 bits per heavy atom. The Labute approximate surface area is 297 Å². The van der Waals surface area contributed by atoms with E-state index in [0.29, 0.717) is 11.5 Å². The maximum Gasteiger partial charge on any atom is 2.00 e. The molecule has 7 rings (SSSR count). The summed E-state index contributed by atoms with van der Waals surface area (Å²) in [5.74, 6) is 2.09. The third-order valence-corrected chi connectivity index (χ3v) is 9.07. The molecule has 0 fully saturated rings. The van der Waals surface area contributed by atoms with Gasteiger partial charge in [0.25, 0.3) is 0 Å². The van der Waals surface area contributed by atoms with Gasteiger partial charge in [-0.3, -0.25) is 4.68 Å². The molecule has 0 N–H and O–H groups in total. The first-order valence-electron chi connectivity index (χ1n) is 16.8. The van der Waals surface area contributed by atoms with E-state index in [9.17, 15) is 0 Å². The molecule has 0 saturated heterocycles. The number of hydrogen-bond donors (Lipinski definition) is 0. The number of benzene rings is 4. The minimum atomic E-state index is 0. The zero-order valence-electron chi connectivity index (χ0n) is 28.4. The fourth-order valence-corrected chi connectivity index (χ4v) is 6.94. The molecule has 6 heteroatoms. The van der Waals surface area contributed by atoms with Crippen molar-refractivity contribution in [2.75, 3.05) is 0 Å². The molecule has 0 radical (unpaired) electrons. The molecular formula is C42H40N4OPt. The standard InChI is InChI=1S/C42H40N4O.Pt/c1-7-29-22-28(6)23-30(8-2)41(29)42-36(9-3)44-46(37(42)10-4)31-14-13-15-32(25-31)47-33-18-19-35-34-16-11-12-17-38(34)45(39(35)26-33)40-24-27(5)20-21-43-40;/h11-24H,7-10H2,1-6H3;/q-2;+2. The van der Waals surface area contributed by atoms with Gasteiger partial charge in [0, 0.05) is 34.5 Å². The monoisotopic (exact) mass is 811 g/mol. The Kier molecular flexibility index (Phi) is 9.71. The predicted octanol–water partition coefficient (Wildman–Crippen LogP) is 10.3. The molecule has 4 aromatic carbocycles. The molecule has 3 aromatic heterocycles. The summed E-state index contributed by atoms with van der Waals surface area (Å²) >= 11 is 0. The van der Waals surface area contributed by atoms with Crippen molar-refractivity contribution in [2.24, 2.45) is 0 Å². The van der Waals surface area contributed by atoms with Crippen LogP contribution < -0.4 is 4.74 Å². The second kappa shape index (κ2) is 13.9. The Morgan fingerprint density at radius 3 is 2.15 bits per heavy atom. The third kappa shape index (κ3) is 5.90. The van der Waals surface area contributed by atoms with Crippen molar-refractivity contribution < 1.29 is 25.8 Å². The normalized spacial score (nSPS) is 11.3. The van der Waals surface area contributed by atoms with Crippen LogP contribution in [0, 0.1) is 26.0 Å². The fraction of sp³-hybridized carbons (Fsp3) is 0.238. The Bertz CT molecular complexity index is 2240. The Hall–Kier alpha value is -4.47. The molecule has 0 amide bonds. The molecule has 0 saturated carbocycles. The Morgan fingerprint density at radius 1 is 0.688 bits per heavy atom. The maximum atomic E-state index is 6.48. The number of hydrogen-bond acceptors (Lipinski definition) is 3. The minimum absolute atomic E-state index is 0. The van der Waals surface area contributed by atoms with E-state index in [0.717, 1.165) is 70.3 Å². The molecule has 7 aromatic rings. The summed E-state index contributed by atoms with van der Waals surface area (Å²) in [5, 5.41) is 7.45. The minimum Gasteiger partial charge on any atom is -0.509 e. The van der Waals surface area contributed by atoms with Gasteiger partial charge in [-0.1, -0.05) is 69.1 Å². The summed E-state index contributed by atoms with van der Waals surface area (Å²) in [5.41, 5.74) is 13.1. The van der Waals surface area contributed by atoms with E-state index in [2.05, 4.69) is 118 Å². The van der Waals surface area contributed by atoms with Crippen LogP contribution in [0.5, 0.6) is 11.5 Å². The molecule has 48 heavy (non-hydrogen) atoms. The zero-order chi connectivity index (χ0) is 32.7. The van der Waals surface area contributed by atoms with E-state index in [-0.39, 0.29) is 21.1 Å². The number of aryl methyl sites for hydroxylation is 5. The Balaban J connectivity index is 0.00000401. The van der Waals surface area contributed by atoms with Gasteiger partial charge in [-0.25, -0.2) is 4.98 Å². The second-order valence-corrected chi connectivity index (χ2v) is 12.2. The smallest absolute Gasteiger partial charge is 0.509 e. The largest absolute Gasteiger partial charge is 2.00 e. The average molecular weight is 812 g/mol. The van der Waals surface area contributed by atoms with Gasteiger partial charge in [-0.2, -0.15) is 17.2 Å². The molecule has 3 heterocycles. The van der Waals surface area contributed by atoms with Gasteiger partial charge in [0.05, 0.1) is 5.69 Å². The van der Waals surface area contributed by atoms with Gasteiger partial charge in [0.2, 0.25) is 0 Å². The zero-order valence-corrected chi connectivity index (χ0v) is 30.7. The van der Waals surface area contributed by atoms with Gasteiger partial charge in [0.15, 0.2) is 0 Å². The van der Waals surface area contributed by atoms with E-state index >= 15 is 0 Å². The topological polar surface area (TPSA) is 44.9 Å². The molecule has 0 aliphatic rings. The van der Waals surface area contributed by atoms with E-state index in [4.69, 9.17) is 14.8 Å². The van der Waals surface area contributed by atoms with E-state index < -0.39 is 0 Å². The summed E-state index contributed by atoms with van der Waals surface area (Å²) in [4.78, 5) is 4.71. The number of para-hydroxylation sites is 1. The first-order valence-corrected chi connectivity index (χ1v) is 16.8. The van der Waals surface area contributed by atoms with Crippen molar-refractivity contribution in [1.82, 2.24) is 19.3 Å². The quantitative estimate of drug-likeness (QED) is 0.136. The number of rotatable bonds is 9. The SMILES string of the molecule is CCc1cc(C)cc(CC)c1-c1c(CC)nn(-c2[c-]c(Oc3[c-]c4c(cc3)c3ccccc3n4-c3cc(C)ccn3)ccc2)c1CC.[Pt+2]. The molecule has 0 atom stereocenters. The number of pyridine rings is 1. The molecule has 0 bridgehead atoms. The second-order valence-electron chi connectivity index (χ2n) is 12.2. The van der Waals surface area contributed by atoms with Crippen LogP contribution in [0.1, 0.15) is 61.3 Å². The van der Waals surface area contributed by atoms with Gasteiger partial charge in [-0.15, -0.1) is 35.7 Å². The van der Waals surface area contributed by atoms with E-state index in [1.54, 1.807) is 0 Å². The van der Waals surface area contributed by atoms with Crippen molar-refractivity contribution in [3.63, 3.8) is 0 Å². The number of ether oxygens (including phenoxy) is 1. The number of fused-ring (bicyclic) bond motifs is 3. The summed E-state index contributed by atoms with van der Waals surface area (Å²) in [6.45, 7) is 13.2. The summed E-state index contributed by atoms with van der Waals surface area (Å²) in [7, 11) is 0. The van der Waals surface area contributed by atoms with E-state index in [1.807, 2.05) is 30.5 Å². The summed E-state index contributed by atoms with van der Waals surface area (Å²) in [6.07, 6.45) is 5.52. The van der Waals surface area contributed by atoms with Crippen LogP contribution in [0.15, 0.2) is 85.1 Å². The van der Waals surface area contributed by atoms with Crippen molar-refractivity contribution in [3.05, 3.63) is 131 Å². The van der Waals surface area contributed by atoms with Crippen LogP contribution in [0.2, 0.25) is 0 Å². The van der Waals surface area contributed by atoms with Crippen molar-refractivity contribution in [3.8, 4) is 34.1 Å². The average Bonchev–Trinajstić information content (AvgIpc) is 3.63. The molecule has 0 aliphatic carbocycles. The first-order chi connectivity index (χ1) is 22.9. The van der Waals surface area contributed by atoms with Gasteiger partial charge in [-0.05, 0) is 91.1 Å². The van der Waals surface area contributed by atoms with Gasteiger partial charge in [0.1, 0.15) is 5.82 Å². The van der Waals surface area contributed by atoms with Crippen LogP contribution in [0.3, 0.4) is 0 Å². The van der Waals surface area contributed by atoms with Gasteiger partial charge >= 0.3 is 21.1 Å². The molecule has 0 spiro atoms. The van der Waals surface area contributed by atoms with Crippen molar-refractivity contribution in [2.45, 2.75) is 67.2 Å². The molecule has 5 nitrogen and oxygen atoms in total. The van der Waals surface area contributed by atoms with Crippen molar-refractivity contribution >= 4 is 21.8 Å². The van der Waals surface area contributed by atoms with Crippen LogP contribution in [-0.4, -0.2) is 19.3 Å². The van der Waals surface area contributed by atoms with E-state index in [1.165, 1.54) is 33.5 Å². The molecular weight excluding hydrogens is 772 g/mol. The first kappa shape index (κ1) is 33.4. The maximum absolute atomic E-state index is 6.48. The van der Waals surface area contributed by atoms with Crippen LogP contribution in [-0.2, 0) is 46.7 Å². The third-order valence-electron chi connectivity index (χ3n) is 9.07. The molecule has 244 valence electrons. The predicted molar refractivity (Wildman–Crippen MR) is 192 cm³/mol. The molecule has 0 unspecified atom stereocenters. The number of aromatic nitrogens is 4. The molecule has 0 aliphatic heterocycles.